The van der Waals surface area contributed by atoms with Crippen LogP contribution in [0.4, 0.5) is 0 Å². The summed E-state index contributed by atoms with van der Waals surface area (Å²) in [5, 5.41) is 6.94. The molecule has 0 fully saturated rings. The topological polar surface area (TPSA) is 107 Å². The third-order valence-corrected chi connectivity index (χ3v) is 4.12. The van der Waals surface area contributed by atoms with E-state index in [9.17, 15) is 19.2 Å². The Labute approximate surface area is 166 Å². The fourth-order valence-electron chi connectivity index (χ4n) is 2.77. The zero-order valence-corrected chi connectivity index (χ0v) is 15.8. The van der Waals surface area contributed by atoms with Crippen LogP contribution in [-0.4, -0.2) is 34.2 Å². The molecule has 0 radical (unpaired) electrons. The van der Waals surface area contributed by atoms with E-state index < -0.39 is 24.4 Å². The van der Waals surface area contributed by atoms with Gasteiger partial charge >= 0.3 is 5.97 Å². The standard InChI is InChI=1S/C21H19N3O5/c1-2-12-24-20(27)16-11-7-6-10-15(16)18(23-24)21(28)29-13-17(25)22-19(26)14-8-4-3-5-9-14/h3-11H,2,12-13H2,1H3,(H,22,25,26). The van der Waals surface area contributed by atoms with Gasteiger partial charge in [0.15, 0.2) is 12.3 Å². The van der Waals surface area contributed by atoms with Gasteiger partial charge in [-0.25, -0.2) is 9.48 Å². The monoisotopic (exact) mass is 393 g/mol. The number of aryl methyl sites for hydroxylation is 1. The minimum Gasteiger partial charge on any atom is -0.451 e. The minimum absolute atomic E-state index is 0.0594. The Morgan fingerprint density at radius 2 is 1.66 bits per heavy atom. The second kappa shape index (κ2) is 8.92. The number of aromatic nitrogens is 2. The molecule has 8 heteroatoms. The summed E-state index contributed by atoms with van der Waals surface area (Å²) in [6.45, 7) is 1.58. The number of amides is 2. The summed E-state index contributed by atoms with van der Waals surface area (Å²) in [5.74, 6) is -2.21. The molecule has 0 unspecified atom stereocenters. The molecule has 0 bridgehead atoms. The van der Waals surface area contributed by atoms with E-state index in [1.165, 1.54) is 4.68 Å². The number of nitrogens with one attached hydrogen (secondary N) is 1. The van der Waals surface area contributed by atoms with E-state index in [1.54, 1.807) is 54.6 Å². The molecule has 3 rings (SSSR count). The van der Waals surface area contributed by atoms with Gasteiger partial charge in [-0.3, -0.25) is 19.7 Å². The van der Waals surface area contributed by atoms with Crippen molar-refractivity contribution in [1.82, 2.24) is 15.1 Å². The number of hydrogen-bond donors (Lipinski definition) is 1. The van der Waals surface area contributed by atoms with Gasteiger partial charge in [0, 0.05) is 17.5 Å². The third-order valence-electron chi connectivity index (χ3n) is 4.12. The molecule has 0 aliphatic heterocycles. The van der Waals surface area contributed by atoms with Crippen molar-refractivity contribution in [2.24, 2.45) is 0 Å². The van der Waals surface area contributed by atoms with Crippen LogP contribution < -0.4 is 10.9 Å². The summed E-state index contributed by atoms with van der Waals surface area (Å²) < 4.78 is 6.23. The molecule has 1 heterocycles. The molecular weight excluding hydrogens is 374 g/mol. The predicted octanol–water partition coefficient (Wildman–Crippen LogP) is 1.92. The largest absolute Gasteiger partial charge is 0.451 e. The average Bonchev–Trinajstić information content (AvgIpc) is 2.74. The molecule has 0 saturated carbocycles. The lowest BCUT2D eigenvalue weighted by molar-refractivity contribution is -0.123. The highest BCUT2D eigenvalue weighted by molar-refractivity contribution is 6.06. The zero-order chi connectivity index (χ0) is 20.8. The Bertz CT molecular complexity index is 1120. The number of ether oxygens (including phenoxy) is 1. The van der Waals surface area contributed by atoms with Crippen molar-refractivity contribution in [2.75, 3.05) is 6.61 Å². The predicted molar refractivity (Wildman–Crippen MR) is 105 cm³/mol. The van der Waals surface area contributed by atoms with E-state index in [0.717, 1.165) is 0 Å². The summed E-state index contributed by atoms with van der Waals surface area (Å²) in [6.07, 6.45) is 0.656. The van der Waals surface area contributed by atoms with Gasteiger partial charge in [0.2, 0.25) is 0 Å². The zero-order valence-electron chi connectivity index (χ0n) is 15.8. The summed E-state index contributed by atoms with van der Waals surface area (Å²) >= 11 is 0. The van der Waals surface area contributed by atoms with Crippen LogP contribution in [0.2, 0.25) is 0 Å². The van der Waals surface area contributed by atoms with Crippen LogP contribution in [-0.2, 0) is 16.1 Å². The van der Waals surface area contributed by atoms with Gasteiger partial charge in [-0.05, 0) is 24.6 Å². The maximum Gasteiger partial charge on any atom is 0.359 e. The van der Waals surface area contributed by atoms with E-state index in [4.69, 9.17) is 4.74 Å². The van der Waals surface area contributed by atoms with Gasteiger partial charge in [0.1, 0.15) is 0 Å². The molecule has 0 atom stereocenters. The van der Waals surface area contributed by atoms with E-state index in [0.29, 0.717) is 29.3 Å². The molecule has 0 aliphatic rings. The number of carbonyl (C=O) groups excluding carboxylic acids is 3. The fourth-order valence-corrected chi connectivity index (χ4v) is 2.77. The molecular formula is C21H19N3O5. The van der Waals surface area contributed by atoms with Gasteiger partial charge in [0.05, 0.1) is 5.39 Å². The van der Waals surface area contributed by atoms with Crippen molar-refractivity contribution in [3.05, 3.63) is 76.2 Å². The van der Waals surface area contributed by atoms with Gasteiger partial charge < -0.3 is 4.74 Å². The Kier molecular flexibility index (Phi) is 6.13. The number of benzene rings is 2. The quantitative estimate of drug-likeness (QED) is 0.641. The molecule has 2 amide bonds. The van der Waals surface area contributed by atoms with Crippen LogP contribution in [0.15, 0.2) is 59.4 Å². The normalized spacial score (nSPS) is 10.5. The molecule has 1 N–H and O–H groups in total. The lowest BCUT2D eigenvalue weighted by Gasteiger charge is -2.10. The summed E-state index contributed by atoms with van der Waals surface area (Å²) in [5.41, 5.74) is -0.0486. The van der Waals surface area contributed by atoms with E-state index >= 15 is 0 Å². The molecule has 148 valence electrons. The van der Waals surface area contributed by atoms with Crippen LogP contribution in [0, 0.1) is 0 Å². The number of imide groups is 1. The first kappa shape index (κ1) is 19.9. The number of rotatable bonds is 6. The van der Waals surface area contributed by atoms with Crippen molar-refractivity contribution in [3.8, 4) is 0 Å². The second-order valence-electron chi connectivity index (χ2n) is 6.24. The number of esters is 1. The third kappa shape index (κ3) is 4.55. The van der Waals surface area contributed by atoms with Crippen molar-refractivity contribution >= 4 is 28.6 Å². The first-order valence-corrected chi connectivity index (χ1v) is 9.07. The van der Waals surface area contributed by atoms with Crippen LogP contribution in [0.25, 0.3) is 10.8 Å². The SMILES string of the molecule is CCCn1nc(C(=O)OCC(=O)NC(=O)c2ccccc2)c2ccccc2c1=O. The maximum absolute atomic E-state index is 12.5. The first-order valence-electron chi connectivity index (χ1n) is 9.07. The molecule has 3 aromatic rings. The van der Waals surface area contributed by atoms with Crippen LogP contribution in [0.5, 0.6) is 0 Å². The van der Waals surface area contributed by atoms with Gasteiger partial charge in [-0.2, -0.15) is 5.10 Å². The first-order chi connectivity index (χ1) is 14.0. The summed E-state index contributed by atoms with van der Waals surface area (Å²) in [6, 6.07) is 14.8. The minimum atomic E-state index is -0.853. The Hall–Kier alpha value is -3.81. The van der Waals surface area contributed by atoms with Crippen LogP contribution >= 0.6 is 0 Å². The highest BCUT2D eigenvalue weighted by Gasteiger charge is 2.19. The van der Waals surface area contributed by atoms with E-state index in [-0.39, 0.29) is 11.3 Å². The van der Waals surface area contributed by atoms with Crippen molar-refractivity contribution in [1.29, 1.82) is 0 Å². The maximum atomic E-state index is 12.5. The van der Waals surface area contributed by atoms with Crippen molar-refractivity contribution in [2.45, 2.75) is 19.9 Å². The molecule has 2 aromatic carbocycles. The van der Waals surface area contributed by atoms with Gasteiger partial charge in [0.25, 0.3) is 17.4 Å². The molecule has 0 aliphatic carbocycles. The van der Waals surface area contributed by atoms with Crippen LogP contribution in [0.1, 0.15) is 34.2 Å². The second-order valence-corrected chi connectivity index (χ2v) is 6.24. The number of nitrogens with zero attached hydrogens (tertiary/aromatic N) is 2. The molecule has 8 nitrogen and oxygen atoms in total. The summed E-state index contributed by atoms with van der Waals surface area (Å²) in [4.78, 5) is 48.9. The van der Waals surface area contributed by atoms with Crippen molar-refractivity contribution in [3.63, 3.8) is 0 Å². The highest BCUT2D eigenvalue weighted by Crippen LogP contribution is 2.14. The van der Waals surface area contributed by atoms with E-state index in [1.807, 2.05) is 6.92 Å². The van der Waals surface area contributed by atoms with E-state index in [2.05, 4.69) is 10.4 Å². The number of hydrogen-bond acceptors (Lipinski definition) is 6. The molecule has 1 aromatic heterocycles. The van der Waals surface area contributed by atoms with Gasteiger partial charge in [-0.15, -0.1) is 0 Å². The Morgan fingerprint density at radius 1 is 1.00 bits per heavy atom. The number of carbonyl (C=O) groups is 3. The smallest absolute Gasteiger partial charge is 0.359 e. The molecule has 0 spiro atoms. The summed E-state index contributed by atoms with van der Waals surface area (Å²) in [7, 11) is 0. The lowest BCUT2D eigenvalue weighted by Crippen LogP contribution is -2.34. The van der Waals surface area contributed by atoms with Crippen LogP contribution in [0.3, 0.4) is 0 Å². The Morgan fingerprint density at radius 3 is 2.34 bits per heavy atom. The Balaban J connectivity index is 1.74. The lowest BCUT2D eigenvalue weighted by atomic mass is 10.1. The fraction of sp³-hybridized carbons (Fsp3) is 0.190. The highest BCUT2D eigenvalue weighted by atomic mass is 16.5. The molecule has 29 heavy (non-hydrogen) atoms. The average molecular weight is 393 g/mol. The molecule has 0 saturated heterocycles. The number of fused-ring (bicyclic) bond motifs is 1. The van der Waals surface area contributed by atoms with Gasteiger partial charge in [-0.1, -0.05) is 43.3 Å². The van der Waals surface area contributed by atoms with Crippen molar-refractivity contribution < 1.29 is 19.1 Å².